The highest BCUT2D eigenvalue weighted by molar-refractivity contribution is 7.17. The highest BCUT2D eigenvalue weighted by Crippen LogP contribution is 2.21. The Hall–Kier alpha value is -2.67. The van der Waals surface area contributed by atoms with E-state index in [-0.39, 0.29) is 18.0 Å². The normalized spacial score (nSPS) is 11.1. The van der Waals surface area contributed by atoms with Crippen LogP contribution < -0.4 is 16.6 Å². The molecule has 0 spiro atoms. The van der Waals surface area contributed by atoms with E-state index >= 15 is 0 Å². The van der Waals surface area contributed by atoms with Crippen molar-refractivity contribution in [2.75, 3.05) is 5.32 Å². The Bertz CT molecular complexity index is 1120. The maximum atomic E-state index is 12.9. The molecule has 6 nitrogen and oxygen atoms in total. The number of amides is 1. The average molecular weight is 400 g/mol. The van der Waals surface area contributed by atoms with Gasteiger partial charge in [-0.15, -0.1) is 11.3 Å². The number of benzene rings is 1. The zero-order valence-electron chi connectivity index (χ0n) is 16.4. The summed E-state index contributed by atoms with van der Waals surface area (Å²) in [6, 6.07) is 7.62. The molecule has 2 heterocycles. The van der Waals surface area contributed by atoms with Crippen LogP contribution in [0, 0.1) is 6.92 Å². The Morgan fingerprint density at radius 2 is 1.93 bits per heavy atom. The molecule has 0 aliphatic rings. The molecule has 28 heavy (non-hydrogen) atoms. The molecular weight excluding hydrogens is 374 g/mol. The quantitative estimate of drug-likeness (QED) is 0.660. The Morgan fingerprint density at radius 1 is 1.14 bits per heavy atom. The van der Waals surface area contributed by atoms with Crippen molar-refractivity contribution in [3.8, 4) is 0 Å². The zero-order chi connectivity index (χ0) is 20.3. The van der Waals surface area contributed by atoms with Gasteiger partial charge in [-0.2, -0.15) is 0 Å². The smallest absolute Gasteiger partial charge is 0.324 e. The molecule has 148 valence electrons. The fraction of sp³-hybridized carbons (Fsp3) is 0.381. The van der Waals surface area contributed by atoms with Crippen molar-refractivity contribution in [1.29, 1.82) is 0 Å². The SMILES string of the molecule is CCCCn1c(=O)c2sccc2n(CC(=O)Nc2c(C)cccc2CC)c1=O. The van der Waals surface area contributed by atoms with Crippen molar-refractivity contribution < 1.29 is 4.79 Å². The van der Waals surface area contributed by atoms with Gasteiger partial charge < -0.3 is 5.32 Å². The van der Waals surface area contributed by atoms with Crippen LogP contribution in [-0.2, 0) is 24.3 Å². The minimum absolute atomic E-state index is 0.129. The van der Waals surface area contributed by atoms with Crippen LogP contribution in [0.25, 0.3) is 10.2 Å². The molecule has 3 aromatic rings. The maximum absolute atomic E-state index is 12.9. The van der Waals surface area contributed by atoms with Crippen molar-refractivity contribution >= 4 is 33.1 Å². The number of carbonyl (C=O) groups is 1. The molecule has 1 N–H and O–H groups in total. The second kappa shape index (κ2) is 8.56. The Morgan fingerprint density at radius 3 is 2.64 bits per heavy atom. The van der Waals surface area contributed by atoms with E-state index < -0.39 is 5.69 Å². The van der Waals surface area contributed by atoms with Crippen molar-refractivity contribution in [2.45, 2.75) is 53.1 Å². The number of fused-ring (bicyclic) bond motifs is 1. The fourth-order valence-electron chi connectivity index (χ4n) is 3.32. The summed E-state index contributed by atoms with van der Waals surface area (Å²) in [5, 5.41) is 4.74. The van der Waals surface area contributed by atoms with Crippen LogP contribution in [-0.4, -0.2) is 15.0 Å². The number of thiophene rings is 1. The van der Waals surface area contributed by atoms with Crippen molar-refractivity contribution in [3.05, 3.63) is 61.6 Å². The molecule has 0 saturated heterocycles. The first-order valence-corrected chi connectivity index (χ1v) is 10.4. The lowest BCUT2D eigenvalue weighted by Crippen LogP contribution is -2.41. The molecular formula is C21H25N3O3S. The van der Waals surface area contributed by atoms with Crippen LogP contribution >= 0.6 is 11.3 Å². The van der Waals surface area contributed by atoms with E-state index in [0.717, 1.165) is 36.1 Å². The van der Waals surface area contributed by atoms with Gasteiger partial charge in [0.2, 0.25) is 5.91 Å². The second-order valence-electron chi connectivity index (χ2n) is 6.82. The molecule has 0 fully saturated rings. The number of aromatic nitrogens is 2. The van der Waals surface area contributed by atoms with Gasteiger partial charge in [0.05, 0.1) is 5.52 Å². The first-order chi connectivity index (χ1) is 13.5. The van der Waals surface area contributed by atoms with Gasteiger partial charge in [-0.25, -0.2) is 4.79 Å². The summed E-state index contributed by atoms with van der Waals surface area (Å²) in [6.45, 7) is 6.22. The van der Waals surface area contributed by atoms with E-state index in [9.17, 15) is 14.4 Å². The van der Waals surface area contributed by atoms with Gasteiger partial charge in [-0.05, 0) is 42.3 Å². The summed E-state index contributed by atoms with van der Waals surface area (Å²) in [6.07, 6.45) is 2.41. The number of hydrogen-bond acceptors (Lipinski definition) is 4. The number of nitrogens with one attached hydrogen (secondary N) is 1. The molecule has 1 amide bonds. The zero-order valence-corrected chi connectivity index (χ0v) is 17.3. The number of rotatable bonds is 7. The summed E-state index contributed by atoms with van der Waals surface area (Å²) in [5.74, 6) is -0.278. The molecule has 0 atom stereocenters. The van der Waals surface area contributed by atoms with Gasteiger partial charge in [0.25, 0.3) is 5.56 Å². The lowest BCUT2D eigenvalue weighted by Gasteiger charge is -2.15. The predicted molar refractivity (Wildman–Crippen MR) is 114 cm³/mol. The Balaban J connectivity index is 1.98. The number of anilines is 1. The first kappa shape index (κ1) is 20.1. The van der Waals surface area contributed by atoms with Crippen molar-refractivity contribution in [2.24, 2.45) is 0 Å². The van der Waals surface area contributed by atoms with Gasteiger partial charge in [0, 0.05) is 12.2 Å². The van der Waals surface area contributed by atoms with E-state index in [4.69, 9.17) is 0 Å². The van der Waals surface area contributed by atoms with Gasteiger partial charge >= 0.3 is 5.69 Å². The van der Waals surface area contributed by atoms with Crippen LogP contribution in [0.4, 0.5) is 5.69 Å². The van der Waals surface area contributed by atoms with Crippen molar-refractivity contribution in [1.82, 2.24) is 9.13 Å². The highest BCUT2D eigenvalue weighted by atomic mass is 32.1. The second-order valence-corrected chi connectivity index (χ2v) is 7.74. The molecule has 0 aliphatic heterocycles. The number of nitrogens with zero attached hydrogens (tertiary/aromatic N) is 2. The summed E-state index contributed by atoms with van der Waals surface area (Å²) in [5.41, 5.74) is 2.64. The van der Waals surface area contributed by atoms with Gasteiger partial charge in [-0.1, -0.05) is 38.5 Å². The molecule has 0 saturated carbocycles. The molecule has 0 radical (unpaired) electrons. The topological polar surface area (TPSA) is 73.1 Å². The third-order valence-corrected chi connectivity index (χ3v) is 5.77. The van der Waals surface area contributed by atoms with Crippen LogP contribution in [0.1, 0.15) is 37.8 Å². The minimum atomic E-state index is -0.431. The number of unbranched alkanes of at least 4 members (excludes halogenated alkanes) is 1. The summed E-state index contributed by atoms with van der Waals surface area (Å²) < 4.78 is 3.16. The molecule has 2 aromatic heterocycles. The lowest BCUT2D eigenvalue weighted by molar-refractivity contribution is -0.116. The maximum Gasteiger partial charge on any atom is 0.332 e. The first-order valence-electron chi connectivity index (χ1n) is 9.57. The average Bonchev–Trinajstić information content (AvgIpc) is 3.16. The van der Waals surface area contributed by atoms with E-state index in [2.05, 4.69) is 5.32 Å². The monoisotopic (exact) mass is 399 g/mol. The van der Waals surface area contributed by atoms with Crippen LogP contribution in [0.3, 0.4) is 0 Å². The van der Waals surface area contributed by atoms with Gasteiger partial charge in [-0.3, -0.25) is 18.7 Å². The fourth-order valence-corrected chi connectivity index (χ4v) is 4.17. The molecule has 0 unspecified atom stereocenters. The van der Waals surface area contributed by atoms with E-state index in [1.165, 1.54) is 20.5 Å². The summed E-state index contributed by atoms with van der Waals surface area (Å²) in [7, 11) is 0. The van der Waals surface area contributed by atoms with Gasteiger partial charge in [0.1, 0.15) is 11.2 Å². The van der Waals surface area contributed by atoms with E-state index in [1.807, 2.05) is 39.0 Å². The number of hydrogen-bond donors (Lipinski definition) is 1. The van der Waals surface area contributed by atoms with Crippen LogP contribution in [0.2, 0.25) is 0 Å². The van der Waals surface area contributed by atoms with Crippen molar-refractivity contribution in [3.63, 3.8) is 0 Å². The molecule has 7 heteroatoms. The molecule has 0 bridgehead atoms. The molecule has 3 rings (SSSR count). The van der Waals surface area contributed by atoms with Crippen LogP contribution in [0.5, 0.6) is 0 Å². The Kier molecular flexibility index (Phi) is 6.14. The minimum Gasteiger partial charge on any atom is -0.324 e. The van der Waals surface area contributed by atoms with Gasteiger partial charge in [0.15, 0.2) is 0 Å². The largest absolute Gasteiger partial charge is 0.332 e. The van der Waals surface area contributed by atoms with Crippen LogP contribution in [0.15, 0.2) is 39.2 Å². The predicted octanol–water partition coefficient (Wildman–Crippen LogP) is 3.53. The molecule has 0 aliphatic carbocycles. The number of carbonyl (C=O) groups excluding carboxylic acids is 1. The number of aryl methyl sites for hydroxylation is 2. The summed E-state index contributed by atoms with van der Waals surface area (Å²) in [4.78, 5) is 38.3. The molecule has 1 aromatic carbocycles. The Labute approximate surface area is 167 Å². The van der Waals surface area contributed by atoms with E-state index in [1.54, 1.807) is 11.4 Å². The number of para-hydroxylation sites is 1. The lowest BCUT2D eigenvalue weighted by atomic mass is 10.1. The third-order valence-electron chi connectivity index (χ3n) is 4.88. The third kappa shape index (κ3) is 3.80. The highest BCUT2D eigenvalue weighted by Gasteiger charge is 2.17. The summed E-state index contributed by atoms with van der Waals surface area (Å²) >= 11 is 1.30. The van der Waals surface area contributed by atoms with E-state index in [0.29, 0.717) is 16.8 Å². The standard InChI is InChI=1S/C21H25N3O3S/c1-4-6-11-23-20(26)19-16(10-12-28-19)24(21(23)27)13-17(25)22-18-14(3)8-7-9-15(18)5-2/h7-10,12H,4-6,11,13H2,1-3H3,(H,22,25).